The summed E-state index contributed by atoms with van der Waals surface area (Å²) >= 11 is 0. The Morgan fingerprint density at radius 2 is 1.90 bits per heavy atom. The molecule has 1 aromatic rings. The molecule has 0 radical (unpaired) electrons. The molecule has 2 amide bonds. The molecule has 0 aromatic heterocycles. The van der Waals surface area contributed by atoms with E-state index in [2.05, 4.69) is 10.6 Å². The van der Waals surface area contributed by atoms with E-state index in [9.17, 15) is 9.59 Å². The number of carbonyl (C=O) groups excluding carboxylic acids is 2. The molecule has 0 saturated heterocycles. The molecule has 0 aliphatic heterocycles. The maximum absolute atomic E-state index is 12.1. The smallest absolute Gasteiger partial charge is 0.238 e. The van der Waals surface area contributed by atoms with Gasteiger partial charge in [-0.2, -0.15) is 0 Å². The van der Waals surface area contributed by atoms with E-state index in [0.29, 0.717) is 6.54 Å². The predicted molar refractivity (Wildman–Crippen MR) is 85.2 cm³/mol. The van der Waals surface area contributed by atoms with Crippen LogP contribution in [0.2, 0.25) is 0 Å². The fourth-order valence-corrected chi connectivity index (χ4v) is 2.03. The molecule has 0 fully saturated rings. The van der Waals surface area contributed by atoms with Crippen molar-refractivity contribution in [3.8, 4) is 0 Å². The highest BCUT2D eigenvalue weighted by atomic mass is 16.2. The van der Waals surface area contributed by atoms with E-state index in [1.807, 2.05) is 38.1 Å². The molecule has 5 nitrogen and oxygen atoms in total. The molecular formula is C16H25N3O2. The molecule has 0 spiro atoms. The summed E-state index contributed by atoms with van der Waals surface area (Å²) in [7, 11) is 1.77. The molecule has 0 bridgehead atoms. The number of likely N-dealkylation sites (N-methyl/N-ethyl adjacent to an activating group) is 2. The Kier molecular flexibility index (Phi) is 6.88. The first-order valence-electron chi connectivity index (χ1n) is 7.35. The van der Waals surface area contributed by atoms with Gasteiger partial charge in [-0.3, -0.25) is 14.5 Å². The second kappa shape index (κ2) is 8.42. The van der Waals surface area contributed by atoms with E-state index in [1.54, 1.807) is 18.9 Å². The zero-order chi connectivity index (χ0) is 15.8. The standard InChI is InChI=1S/C16H25N3O2/c1-5-13-9-7-8-10-14(13)18-15(20)11-19(4)12(3)16(21)17-6-2/h7-10,12H,5-6,11H2,1-4H3,(H,17,21)(H,18,20)/t12-/m0/s1. The SMILES string of the molecule is CCNC(=O)[C@H](C)N(C)CC(=O)Nc1ccccc1CC. The molecule has 0 aliphatic rings. The van der Waals surface area contributed by atoms with Gasteiger partial charge in [0.05, 0.1) is 12.6 Å². The lowest BCUT2D eigenvalue weighted by Crippen LogP contribution is -2.45. The van der Waals surface area contributed by atoms with Crippen LogP contribution in [0.1, 0.15) is 26.3 Å². The molecular weight excluding hydrogens is 266 g/mol. The van der Waals surface area contributed by atoms with Gasteiger partial charge in [0.25, 0.3) is 0 Å². The van der Waals surface area contributed by atoms with Crippen LogP contribution in [0.3, 0.4) is 0 Å². The van der Waals surface area contributed by atoms with Crippen molar-refractivity contribution >= 4 is 17.5 Å². The summed E-state index contributed by atoms with van der Waals surface area (Å²) in [4.78, 5) is 25.6. The van der Waals surface area contributed by atoms with Crippen LogP contribution in [0.25, 0.3) is 0 Å². The van der Waals surface area contributed by atoms with Gasteiger partial charge in [-0.1, -0.05) is 25.1 Å². The van der Waals surface area contributed by atoms with Gasteiger partial charge in [0.15, 0.2) is 0 Å². The Hall–Kier alpha value is -1.88. The number of benzene rings is 1. The lowest BCUT2D eigenvalue weighted by molar-refractivity contribution is -0.126. The van der Waals surface area contributed by atoms with Crippen LogP contribution in [0, 0.1) is 0 Å². The van der Waals surface area contributed by atoms with E-state index in [-0.39, 0.29) is 24.4 Å². The zero-order valence-corrected chi connectivity index (χ0v) is 13.3. The van der Waals surface area contributed by atoms with Crippen molar-refractivity contribution in [1.29, 1.82) is 0 Å². The van der Waals surface area contributed by atoms with E-state index in [1.165, 1.54) is 0 Å². The Morgan fingerprint density at radius 3 is 2.52 bits per heavy atom. The first-order valence-corrected chi connectivity index (χ1v) is 7.35. The highest BCUT2D eigenvalue weighted by Gasteiger charge is 2.19. The van der Waals surface area contributed by atoms with Gasteiger partial charge < -0.3 is 10.6 Å². The van der Waals surface area contributed by atoms with Crippen LogP contribution in [0.4, 0.5) is 5.69 Å². The van der Waals surface area contributed by atoms with Crippen molar-refractivity contribution in [2.45, 2.75) is 33.2 Å². The molecule has 1 aromatic carbocycles. The molecule has 0 heterocycles. The summed E-state index contributed by atoms with van der Waals surface area (Å²) in [6.45, 7) is 6.48. The van der Waals surface area contributed by atoms with Gasteiger partial charge in [0.2, 0.25) is 11.8 Å². The predicted octanol–water partition coefficient (Wildman–Crippen LogP) is 1.64. The van der Waals surface area contributed by atoms with Crippen LogP contribution < -0.4 is 10.6 Å². The minimum absolute atomic E-state index is 0.0678. The monoisotopic (exact) mass is 291 g/mol. The Morgan fingerprint density at radius 1 is 1.24 bits per heavy atom. The lowest BCUT2D eigenvalue weighted by Gasteiger charge is -2.23. The number of carbonyl (C=O) groups is 2. The summed E-state index contributed by atoms with van der Waals surface area (Å²) in [5.41, 5.74) is 1.94. The highest BCUT2D eigenvalue weighted by molar-refractivity contribution is 5.93. The van der Waals surface area contributed by atoms with E-state index in [4.69, 9.17) is 0 Å². The third kappa shape index (κ3) is 5.19. The van der Waals surface area contributed by atoms with Gasteiger partial charge in [0, 0.05) is 12.2 Å². The van der Waals surface area contributed by atoms with Crippen molar-refractivity contribution < 1.29 is 9.59 Å². The Balaban J connectivity index is 2.59. The molecule has 0 saturated carbocycles. The minimum atomic E-state index is -0.336. The molecule has 21 heavy (non-hydrogen) atoms. The fourth-order valence-electron chi connectivity index (χ4n) is 2.03. The van der Waals surface area contributed by atoms with Crippen LogP contribution in [-0.4, -0.2) is 42.9 Å². The molecule has 1 atom stereocenters. The summed E-state index contributed by atoms with van der Waals surface area (Å²) in [5.74, 6) is -0.184. The molecule has 2 N–H and O–H groups in total. The van der Waals surface area contributed by atoms with Crippen LogP contribution in [0.5, 0.6) is 0 Å². The number of nitrogens with one attached hydrogen (secondary N) is 2. The zero-order valence-electron chi connectivity index (χ0n) is 13.3. The maximum atomic E-state index is 12.1. The quantitative estimate of drug-likeness (QED) is 0.803. The third-order valence-corrected chi connectivity index (χ3v) is 3.46. The van der Waals surface area contributed by atoms with Crippen molar-refractivity contribution in [2.75, 3.05) is 25.5 Å². The van der Waals surface area contributed by atoms with Crippen LogP contribution in [0.15, 0.2) is 24.3 Å². The first kappa shape index (κ1) is 17.2. The van der Waals surface area contributed by atoms with Gasteiger partial charge >= 0.3 is 0 Å². The molecule has 5 heteroatoms. The second-order valence-electron chi connectivity index (χ2n) is 5.04. The Labute approximate surface area is 126 Å². The fraction of sp³-hybridized carbons (Fsp3) is 0.500. The van der Waals surface area contributed by atoms with E-state index in [0.717, 1.165) is 17.7 Å². The number of amides is 2. The number of para-hydroxylation sites is 1. The molecule has 0 unspecified atom stereocenters. The van der Waals surface area contributed by atoms with Crippen molar-refractivity contribution in [3.05, 3.63) is 29.8 Å². The van der Waals surface area contributed by atoms with E-state index < -0.39 is 0 Å². The largest absolute Gasteiger partial charge is 0.355 e. The van der Waals surface area contributed by atoms with Gasteiger partial charge in [-0.05, 0) is 38.9 Å². The highest BCUT2D eigenvalue weighted by Crippen LogP contribution is 2.15. The summed E-state index contributed by atoms with van der Waals surface area (Å²) in [5, 5.41) is 5.66. The van der Waals surface area contributed by atoms with Gasteiger partial charge in [-0.15, -0.1) is 0 Å². The van der Waals surface area contributed by atoms with Crippen molar-refractivity contribution in [2.24, 2.45) is 0 Å². The number of rotatable bonds is 7. The van der Waals surface area contributed by atoms with Crippen LogP contribution in [-0.2, 0) is 16.0 Å². The summed E-state index contributed by atoms with van der Waals surface area (Å²) < 4.78 is 0. The Bertz CT molecular complexity index is 488. The van der Waals surface area contributed by atoms with Gasteiger partial charge in [0.1, 0.15) is 0 Å². The average molecular weight is 291 g/mol. The number of hydrogen-bond acceptors (Lipinski definition) is 3. The third-order valence-electron chi connectivity index (χ3n) is 3.46. The molecule has 116 valence electrons. The first-order chi connectivity index (χ1) is 9.99. The summed E-state index contributed by atoms with van der Waals surface area (Å²) in [6.07, 6.45) is 0.863. The van der Waals surface area contributed by atoms with Crippen molar-refractivity contribution in [3.63, 3.8) is 0 Å². The number of aryl methyl sites for hydroxylation is 1. The molecule has 0 aliphatic carbocycles. The summed E-state index contributed by atoms with van der Waals surface area (Å²) in [6, 6.07) is 7.41. The number of nitrogens with zero attached hydrogens (tertiary/aromatic N) is 1. The normalized spacial score (nSPS) is 12.0. The topological polar surface area (TPSA) is 61.4 Å². The minimum Gasteiger partial charge on any atom is -0.355 e. The maximum Gasteiger partial charge on any atom is 0.238 e. The second-order valence-corrected chi connectivity index (χ2v) is 5.04. The molecule has 1 rings (SSSR count). The lowest BCUT2D eigenvalue weighted by atomic mass is 10.1. The average Bonchev–Trinajstić information content (AvgIpc) is 2.47. The van der Waals surface area contributed by atoms with Gasteiger partial charge in [-0.25, -0.2) is 0 Å². The number of hydrogen-bond donors (Lipinski definition) is 2. The number of anilines is 1. The van der Waals surface area contributed by atoms with Crippen molar-refractivity contribution in [1.82, 2.24) is 10.2 Å². The van der Waals surface area contributed by atoms with E-state index >= 15 is 0 Å². The van der Waals surface area contributed by atoms with Crippen LogP contribution >= 0.6 is 0 Å².